The van der Waals surface area contributed by atoms with E-state index in [9.17, 15) is 10.2 Å². The molecule has 1 aliphatic heterocycles. The third-order valence-corrected chi connectivity index (χ3v) is 1.97. The topological polar surface area (TPSA) is 69.7 Å². The number of halogens is 1. The van der Waals surface area contributed by atoms with Crippen molar-refractivity contribution < 1.29 is 10.2 Å². The van der Waals surface area contributed by atoms with E-state index in [0.717, 1.165) is 0 Å². The van der Waals surface area contributed by atoms with E-state index in [-0.39, 0.29) is 17.9 Å². The number of aliphatic hydroxyl groups excluding tert-OH is 2. The molecular formula is C8H19ClN2O2. The third kappa shape index (κ3) is 4.24. The fourth-order valence-corrected chi connectivity index (χ4v) is 1.55. The lowest BCUT2D eigenvalue weighted by Gasteiger charge is -2.25. The Kier molecular flexibility index (Phi) is 4.62. The van der Waals surface area contributed by atoms with Crippen LogP contribution in [0.1, 0.15) is 13.8 Å². The molecule has 0 radical (unpaired) electrons. The Hall–Kier alpha value is 0.130. The van der Waals surface area contributed by atoms with Crippen molar-refractivity contribution in [3.05, 3.63) is 0 Å². The smallest absolute Gasteiger partial charge is 0.0938 e. The molecule has 2 unspecified atom stereocenters. The van der Waals surface area contributed by atoms with E-state index in [2.05, 4.69) is 0 Å². The molecule has 5 heteroatoms. The number of hydrogen-bond donors (Lipinski definition) is 3. The molecule has 4 nitrogen and oxygen atoms in total. The van der Waals surface area contributed by atoms with Crippen molar-refractivity contribution in [3.8, 4) is 0 Å². The lowest BCUT2D eigenvalue weighted by molar-refractivity contribution is 0.0572. The maximum absolute atomic E-state index is 9.23. The molecule has 1 rings (SSSR count). The molecule has 1 fully saturated rings. The average Bonchev–Trinajstić information content (AvgIpc) is 2.07. The van der Waals surface area contributed by atoms with Crippen LogP contribution in [0.25, 0.3) is 0 Å². The summed E-state index contributed by atoms with van der Waals surface area (Å²) in [6.07, 6.45) is -1.21. The molecule has 80 valence electrons. The van der Waals surface area contributed by atoms with Gasteiger partial charge < -0.3 is 15.9 Å². The van der Waals surface area contributed by atoms with Crippen LogP contribution in [-0.4, -0.2) is 52.5 Å². The molecule has 0 bridgehead atoms. The predicted octanol–water partition coefficient (Wildman–Crippen LogP) is -0.817. The Morgan fingerprint density at radius 3 is 2.00 bits per heavy atom. The van der Waals surface area contributed by atoms with E-state index in [1.54, 1.807) is 0 Å². The van der Waals surface area contributed by atoms with Gasteiger partial charge in [0.15, 0.2) is 0 Å². The largest absolute Gasteiger partial charge is 0.389 e. The first-order chi connectivity index (χ1) is 5.38. The zero-order valence-corrected chi connectivity index (χ0v) is 8.92. The van der Waals surface area contributed by atoms with Crippen LogP contribution in [0.4, 0.5) is 0 Å². The fourth-order valence-electron chi connectivity index (χ4n) is 1.55. The van der Waals surface area contributed by atoms with Crippen LogP contribution in [0, 0.1) is 0 Å². The zero-order chi connectivity index (χ0) is 9.35. The maximum Gasteiger partial charge on any atom is 0.0938 e. The van der Waals surface area contributed by atoms with Crippen LogP contribution < -0.4 is 5.73 Å². The van der Waals surface area contributed by atoms with Gasteiger partial charge in [0.05, 0.1) is 12.2 Å². The van der Waals surface area contributed by atoms with Crippen LogP contribution in [0.15, 0.2) is 0 Å². The average molecular weight is 211 g/mol. The minimum Gasteiger partial charge on any atom is -0.389 e. The minimum atomic E-state index is -0.604. The summed E-state index contributed by atoms with van der Waals surface area (Å²) in [5.41, 5.74) is 5.54. The molecule has 0 aromatic heterocycles. The van der Waals surface area contributed by atoms with E-state index in [1.165, 1.54) is 0 Å². The fraction of sp³-hybridized carbons (Fsp3) is 1.00. The van der Waals surface area contributed by atoms with E-state index in [1.807, 2.05) is 18.7 Å². The predicted molar refractivity (Wildman–Crippen MR) is 54.0 cm³/mol. The van der Waals surface area contributed by atoms with Crippen molar-refractivity contribution in [2.45, 2.75) is 31.6 Å². The summed E-state index contributed by atoms with van der Waals surface area (Å²) in [7, 11) is 0. The van der Waals surface area contributed by atoms with Gasteiger partial charge in [-0.05, 0) is 13.8 Å². The summed E-state index contributed by atoms with van der Waals surface area (Å²) >= 11 is 0. The van der Waals surface area contributed by atoms with Gasteiger partial charge in [-0.25, -0.2) is 0 Å². The van der Waals surface area contributed by atoms with Gasteiger partial charge in [-0.3, -0.25) is 4.90 Å². The van der Waals surface area contributed by atoms with E-state index in [4.69, 9.17) is 5.73 Å². The molecule has 4 N–H and O–H groups in total. The molecule has 1 heterocycles. The SMILES string of the molecule is CC(C)(N)CN1CC(O)C(O)C1.Cl. The zero-order valence-electron chi connectivity index (χ0n) is 8.10. The molecule has 1 saturated heterocycles. The molecule has 13 heavy (non-hydrogen) atoms. The molecule has 1 aliphatic rings. The molecule has 0 aromatic carbocycles. The number of likely N-dealkylation sites (tertiary alicyclic amines) is 1. The van der Waals surface area contributed by atoms with Crippen LogP contribution in [0.3, 0.4) is 0 Å². The van der Waals surface area contributed by atoms with Crippen molar-refractivity contribution >= 4 is 12.4 Å². The second kappa shape index (κ2) is 4.57. The van der Waals surface area contributed by atoms with Gasteiger partial charge in [-0.2, -0.15) is 0 Å². The van der Waals surface area contributed by atoms with Crippen LogP contribution >= 0.6 is 12.4 Å². The summed E-state index contributed by atoms with van der Waals surface area (Å²) < 4.78 is 0. The molecule has 0 spiro atoms. The highest BCUT2D eigenvalue weighted by Gasteiger charge is 2.31. The van der Waals surface area contributed by atoms with Gasteiger partial charge in [0, 0.05) is 25.2 Å². The summed E-state index contributed by atoms with van der Waals surface area (Å²) in [5.74, 6) is 0. The lowest BCUT2D eigenvalue weighted by Crippen LogP contribution is -2.44. The van der Waals surface area contributed by atoms with Crippen LogP contribution in [0.2, 0.25) is 0 Å². The van der Waals surface area contributed by atoms with Crippen molar-refractivity contribution in [2.24, 2.45) is 5.73 Å². The van der Waals surface area contributed by atoms with Gasteiger partial charge in [0.2, 0.25) is 0 Å². The maximum atomic E-state index is 9.23. The summed E-state index contributed by atoms with van der Waals surface area (Å²) in [6.45, 7) is 5.64. The Balaban J connectivity index is 0.00000144. The number of β-amino-alcohol motifs (C(OH)–C–C–N with tert-alkyl or cyclic N) is 2. The highest BCUT2D eigenvalue weighted by atomic mass is 35.5. The van der Waals surface area contributed by atoms with E-state index < -0.39 is 12.2 Å². The minimum absolute atomic E-state index is 0. The molecule has 0 saturated carbocycles. The number of aliphatic hydroxyl groups is 2. The first-order valence-corrected chi connectivity index (χ1v) is 4.26. The quantitative estimate of drug-likeness (QED) is 0.557. The second-order valence-corrected chi connectivity index (χ2v) is 4.32. The van der Waals surface area contributed by atoms with Crippen LogP contribution in [0.5, 0.6) is 0 Å². The summed E-state index contributed by atoms with van der Waals surface area (Å²) in [5, 5.41) is 18.5. The van der Waals surface area contributed by atoms with Crippen molar-refractivity contribution in [1.29, 1.82) is 0 Å². The Bertz CT molecular complexity index is 151. The lowest BCUT2D eigenvalue weighted by atomic mass is 10.1. The van der Waals surface area contributed by atoms with E-state index in [0.29, 0.717) is 19.6 Å². The monoisotopic (exact) mass is 210 g/mol. The Morgan fingerprint density at radius 1 is 1.31 bits per heavy atom. The summed E-state index contributed by atoms with van der Waals surface area (Å²) in [4.78, 5) is 1.98. The molecule has 0 aliphatic carbocycles. The number of nitrogens with two attached hydrogens (primary N) is 1. The highest BCUT2D eigenvalue weighted by molar-refractivity contribution is 5.85. The Labute approximate surface area is 85.1 Å². The van der Waals surface area contributed by atoms with Crippen LogP contribution in [-0.2, 0) is 0 Å². The molecule has 0 aromatic rings. The third-order valence-electron chi connectivity index (χ3n) is 1.97. The number of nitrogens with zero attached hydrogens (tertiary/aromatic N) is 1. The van der Waals surface area contributed by atoms with Gasteiger partial charge in [-0.15, -0.1) is 12.4 Å². The van der Waals surface area contributed by atoms with Gasteiger partial charge in [0.1, 0.15) is 0 Å². The molecule has 2 atom stereocenters. The first kappa shape index (κ1) is 13.1. The summed E-state index contributed by atoms with van der Waals surface area (Å²) in [6, 6.07) is 0. The first-order valence-electron chi connectivity index (χ1n) is 4.26. The molecular weight excluding hydrogens is 192 g/mol. The standard InChI is InChI=1S/C8H18N2O2.ClH/c1-8(2,9)5-10-3-6(11)7(12)4-10;/h6-7,11-12H,3-5,9H2,1-2H3;1H. The second-order valence-electron chi connectivity index (χ2n) is 4.32. The van der Waals surface area contributed by atoms with Crippen molar-refractivity contribution in [1.82, 2.24) is 4.90 Å². The number of rotatable bonds is 2. The normalized spacial score (nSPS) is 30.2. The Morgan fingerprint density at radius 2 is 1.69 bits per heavy atom. The van der Waals surface area contributed by atoms with Gasteiger partial charge in [0.25, 0.3) is 0 Å². The van der Waals surface area contributed by atoms with Gasteiger partial charge in [-0.1, -0.05) is 0 Å². The van der Waals surface area contributed by atoms with Crippen molar-refractivity contribution in [3.63, 3.8) is 0 Å². The van der Waals surface area contributed by atoms with Gasteiger partial charge >= 0.3 is 0 Å². The van der Waals surface area contributed by atoms with E-state index >= 15 is 0 Å². The van der Waals surface area contributed by atoms with Crippen molar-refractivity contribution in [2.75, 3.05) is 19.6 Å². The number of hydrogen-bond acceptors (Lipinski definition) is 4. The highest BCUT2D eigenvalue weighted by Crippen LogP contribution is 2.12. The molecule has 0 amide bonds.